The van der Waals surface area contributed by atoms with Gasteiger partial charge in [-0.25, -0.2) is 0 Å². The van der Waals surface area contributed by atoms with Gasteiger partial charge in [0.25, 0.3) is 0 Å². The molecular formula is C8H13NO2. The van der Waals surface area contributed by atoms with Gasteiger partial charge in [0, 0.05) is 0 Å². The van der Waals surface area contributed by atoms with E-state index in [1.807, 2.05) is 0 Å². The van der Waals surface area contributed by atoms with E-state index in [-0.39, 0.29) is 11.9 Å². The topological polar surface area (TPSA) is 38.3 Å². The van der Waals surface area contributed by atoms with Gasteiger partial charge >= 0.3 is 5.97 Å². The Bertz CT molecular complexity index is 167. The maximum atomic E-state index is 11.2. The van der Waals surface area contributed by atoms with Crippen LogP contribution < -0.4 is 5.32 Å². The fourth-order valence-electron chi connectivity index (χ4n) is 2.27. The molecule has 3 aliphatic rings. The summed E-state index contributed by atoms with van der Waals surface area (Å²) in [6.07, 6.45) is 1.22. The monoisotopic (exact) mass is 155 g/mol. The number of nitrogens with one attached hydrogen (secondary N) is 1. The first-order valence-corrected chi connectivity index (χ1v) is 4.11. The molecule has 1 N–H and O–H groups in total. The van der Waals surface area contributed by atoms with Gasteiger partial charge in [0.15, 0.2) is 0 Å². The Balaban J connectivity index is 2.00. The van der Waals surface area contributed by atoms with Crippen LogP contribution in [0.15, 0.2) is 0 Å². The first kappa shape index (κ1) is 7.10. The van der Waals surface area contributed by atoms with Gasteiger partial charge in [-0.3, -0.25) is 4.79 Å². The second-order valence-electron chi connectivity index (χ2n) is 3.46. The minimum absolute atomic E-state index is 0.00671. The molecule has 0 unspecified atom stereocenters. The van der Waals surface area contributed by atoms with Crippen LogP contribution in [0, 0.1) is 17.8 Å². The highest BCUT2D eigenvalue weighted by Gasteiger charge is 2.48. The van der Waals surface area contributed by atoms with Gasteiger partial charge in [0.2, 0.25) is 0 Å². The van der Waals surface area contributed by atoms with E-state index in [0.29, 0.717) is 11.8 Å². The molecule has 0 aromatic rings. The summed E-state index contributed by atoms with van der Waals surface area (Å²) >= 11 is 0. The minimum Gasteiger partial charge on any atom is -0.469 e. The van der Waals surface area contributed by atoms with Crippen molar-refractivity contribution in [1.82, 2.24) is 5.32 Å². The van der Waals surface area contributed by atoms with E-state index in [0.717, 1.165) is 13.1 Å². The molecule has 0 radical (unpaired) electrons. The summed E-state index contributed by atoms with van der Waals surface area (Å²) in [5.74, 6) is 1.32. The van der Waals surface area contributed by atoms with Gasteiger partial charge in [0.05, 0.1) is 13.0 Å². The highest BCUT2D eigenvalue weighted by atomic mass is 16.5. The molecule has 0 amide bonds. The smallest absolute Gasteiger partial charge is 0.309 e. The van der Waals surface area contributed by atoms with Crippen molar-refractivity contribution in [3.8, 4) is 0 Å². The fraction of sp³-hybridized carbons (Fsp3) is 0.875. The van der Waals surface area contributed by atoms with Crippen molar-refractivity contribution in [1.29, 1.82) is 0 Å². The van der Waals surface area contributed by atoms with Crippen LogP contribution in [0.2, 0.25) is 0 Å². The van der Waals surface area contributed by atoms with E-state index in [9.17, 15) is 4.79 Å². The fourth-order valence-corrected chi connectivity index (χ4v) is 2.27. The molecule has 2 aliphatic heterocycles. The molecule has 2 atom stereocenters. The normalized spacial score (nSPS) is 41.0. The number of esters is 1. The van der Waals surface area contributed by atoms with Gasteiger partial charge in [-0.2, -0.15) is 0 Å². The molecule has 0 aromatic carbocycles. The Morgan fingerprint density at radius 2 is 2.09 bits per heavy atom. The molecular weight excluding hydrogens is 142 g/mol. The molecule has 11 heavy (non-hydrogen) atoms. The molecule has 3 heteroatoms. The summed E-state index contributed by atoms with van der Waals surface area (Å²) in [5, 5.41) is 3.29. The third-order valence-corrected chi connectivity index (χ3v) is 2.91. The number of carbonyl (C=O) groups excluding carboxylic acids is 1. The molecule has 0 spiro atoms. The summed E-state index contributed by atoms with van der Waals surface area (Å²) in [5.41, 5.74) is 0. The first-order chi connectivity index (χ1) is 5.33. The zero-order valence-electron chi connectivity index (χ0n) is 6.67. The van der Waals surface area contributed by atoms with E-state index >= 15 is 0 Å². The Labute approximate surface area is 66.1 Å². The summed E-state index contributed by atoms with van der Waals surface area (Å²) in [7, 11) is 1.48. The van der Waals surface area contributed by atoms with Crippen LogP contribution in [0.4, 0.5) is 0 Å². The second-order valence-corrected chi connectivity index (χ2v) is 3.46. The predicted octanol–water partition coefficient (Wildman–Crippen LogP) is 0.0149. The quantitative estimate of drug-likeness (QED) is 0.542. The van der Waals surface area contributed by atoms with Crippen molar-refractivity contribution >= 4 is 5.97 Å². The van der Waals surface area contributed by atoms with Crippen molar-refractivity contribution in [2.24, 2.45) is 17.8 Å². The Hall–Kier alpha value is -0.570. The lowest BCUT2D eigenvalue weighted by Gasteiger charge is -2.47. The average Bonchev–Trinajstić information content (AvgIpc) is 2.05. The minimum atomic E-state index is -0.00671. The molecule has 2 bridgehead atoms. The molecule has 3 rings (SSSR count). The molecule has 1 aliphatic carbocycles. The summed E-state index contributed by atoms with van der Waals surface area (Å²) in [6.45, 7) is 1.99. The van der Waals surface area contributed by atoms with Crippen molar-refractivity contribution in [3.63, 3.8) is 0 Å². The maximum Gasteiger partial charge on any atom is 0.309 e. The third-order valence-electron chi connectivity index (χ3n) is 2.91. The number of hydrogen-bond donors (Lipinski definition) is 1. The highest BCUT2D eigenvalue weighted by molar-refractivity contribution is 5.74. The van der Waals surface area contributed by atoms with Crippen LogP contribution in [0.5, 0.6) is 0 Å². The number of ether oxygens (including phenoxy) is 1. The third kappa shape index (κ3) is 0.948. The van der Waals surface area contributed by atoms with Crippen LogP contribution in [0.1, 0.15) is 6.42 Å². The number of carbonyl (C=O) groups is 1. The van der Waals surface area contributed by atoms with Crippen molar-refractivity contribution in [2.75, 3.05) is 20.2 Å². The predicted molar refractivity (Wildman–Crippen MR) is 40.0 cm³/mol. The van der Waals surface area contributed by atoms with E-state index in [1.165, 1.54) is 13.5 Å². The summed E-state index contributed by atoms with van der Waals surface area (Å²) in [4.78, 5) is 11.2. The number of rotatable bonds is 1. The molecule has 3 fully saturated rings. The zero-order valence-corrected chi connectivity index (χ0v) is 6.67. The van der Waals surface area contributed by atoms with Crippen molar-refractivity contribution < 1.29 is 9.53 Å². The molecule has 3 nitrogen and oxygen atoms in total. The largest absolute Gasteiger partial charge is 0.469 e. The highest BCUT2D eigenvalue weighted by Crippen LogP contribution is 2.42. The van der Waals surface area contributed by atoms with E-state index in [1.54, 1.807) is 0 Å². The van der Waals surface area contributed by atoms with Gasteiger partial charge in [-0.1, -0.05) is 0 Å². The lowest BCUT2D eigenvalue weighted by Crippen LogP contribution is -2.56. The number of piperidine rings is 2. The first-order valence-electron chi connectivity index (χ1n) is 4.11. The van der Waals surface area contributed by atoms with Crippen molar-refractivity contribution in [2.45, 2.75) is 6.42 Å². The van der Waals surface area contributed by atoms with Crippen LogP contribution in [0.3, 0.4) is 0 Å². The Kier molecular flexibility index (Phi) is 1.60. The summed E-state index contributed by atoms with van der Waals surface area (Å²) < 4.78 is 4.72. The van der Waals surface area contributed by atoms with Crippen molar-refractivity contribution in [3.05, 3.63) is 0 Å². The molecule has 2 saturated heterocycles. The molecule has 0 aromatic heterocycles. The van der Waals surface area contributed by atoms with Gasteiger partial charge in [0.1, 0.15) is 0 Å². The molecule has 1 saturated carbocycles. The van der Waals surface area contributed by atoms with Gasteiger partial charge in [-0.05, 0) is 31.3 Å². The van der Waals surface area contributed by atoms with Crippen LogP contribution in [-0.2, 0) is 9.53 Å². The summed E-state index contributed by atoms with van der Waals surface area (Å²) in [6, 6.07) is 0. The van der Waals surface area contributed by atoms with E-state index < -0.39 is 0 Å². The zero-order chi connectivity index (χ0) is 7.84. The number of hydrogen-bond acceptors (Lipinski definition) is 3. The Morgan fingerprint density at radius 3 is 2.55 bits per heavy atom. The lowest BCUT2D eigenvalue weighted by atomic mass is 9.62. The Morgan fingerprint density at radius 1 is 1.45 bits per heavy atom. The number of methoxy groups -OCH3 is 1. The standard InChI is InChI=1S/C8H13NO2/c1-11-8(10)7-5-2-6(7)4-9-3-5/h5-7,9H,2-4H2,1H3/t5-,6-/m1/s1. The van der Waals surface area contributed by atoms with Gasteiger partial charge in [-0.15, -0.1) is 0 Å². The average molecular weight is 155 g/mol. The van der Waals surface area contributed by atoms with Crippen LogP contribution in [-0.4, -0.2) is 26.2 Å². The maximum absolute atomic E-state index is 11.2. The molecule has 62 valence electrons. The number of fused-ring (bicyclic) bond motifs is 2. The van der Waals surface area contributed by atoms with Gasteiger partial charge < -0.3 is 10.1 Å². The second kappa shape index (κ2) is 2.48. The van der Waals surface area contributed by atoms with Crippen LogP contribution >= 0.6 is 0 Å². The van der Waals surface area contributed by atoms with E-state index in [4.69, 9.17) is 4.74 Å². The molecule has 2 heterocycles. The SMILES string of the molecule is COC(=O)C1[C@H]2CNC[C@H]1C2. The van der Waals surface area contributed by atoms with E-state index in [2.05, 4.69) is 5.32 Å². The van der Waals surface area contributed by atoms with Crippen LogP contribution in [0.25, 0.3) is 0 Å². The lowest BCUT2D eigenvalue weighted by molar-refractivity contribution is -0.158.